The van der Waals surface area contributed by atoms with E-state index in [1.165, 1.54) is 0 Å². The van der Waals surface area contributed by atoms with Crippen LogP contribution < -0.4 is 0 Å². The second-order valence-corrected chi connectivity index (χ2v) is 4.66. The van der Waals surface area contributed by atoms with Crippen LogP contribution in [0.5, 0.6) is 0 Å². The monoisotopic (exact) mass is 249 g/mol. The van der Waals surface area contributed by atoms with Crippen molar-refractivity contribution in [3.63, 3.8) is 0 Å². The summed E-state index contributed by atoms with van der Waals surface area (Å²) >= 11 is 0. The molecular weight excluding hydrogens is 234 g/mol. The Balaban J connectivity index is 2.39. The molecule has 0 atom stereocenters. The Labute approximate surface area is 112 Å². The van der Waals surface area contributed by atoms with Crippen LogP contribution in [0.2, 0.25) is 0 Å². The number of nitrogens with zero attached hydrogens (tertiary/aromatic N) is 1. The lowest BCUT2D eigenvalue weighted by Crippen LogP contribution is -2.14. The zero-order valence-electron chi connectivity index (χ0n) is 11.1. The van der Waals surface area contributed by atoms with Crippen LogP contribution in [0, 0.1) is 5.21 Å². The van der Waals surface area contributed by atoms with Crippen LogP contribution in [0.3, 0.4) is 0 Å². The van der Waals surface area contributed by atoms with Gasteiger partial charge in [0.15, 0.2) is 5.70 Å². The molecule has 0 fully saturated rings. The van der Waals surface area contributed by atoms with E-state index in [0.717, 1.165) is 32.7 Å². The summed E-state index contributed by atoms with van der Waals surface area (Å²) in [6.07, 6.45) is 1.84. The molecule has 2 heteroatoms. The first-order valence-corrected chi connectivity index (χ1v) is 6.40. The quantitative estimate of drug-likeness (QED) is 0.364. The molecule has 0 bridgehead atoms. The first-order chi connectivity index (χ1) is 9.24. The van der Waals surface area contributed by atoms with Gasteiger partial charge in [-0.05, 0) is 36.3 Å². The minimum Gasteiger partial charge on any atom is -0.618 e. The van der Waals surface area contributed by atoms with Crippen molar-refractivity contribution in [1.29, 1.82) is 0 Å². The van der Waals surface area contributed by atoms with Crippen molar-refractivity contribution in [2.24, 2.45) is 0 Å². The summed E-state index contributed by atoms with van der Waals surface area (Å²) in [6.45, 7) is 3.72. The summed E-state index contributed by atoms with van der Waals surface area (Å²) in [6, 6.07) is 16.1. The van der Waals surface area contributed by atoms with Crippen LogP contribution in [0.1, 0.15) is 25.0 Å². The third-order valence-electron chi connectivity index (χ3n) is 3.60. The number of fused-ring (bicyclic) bond motifs is 3. The van der Waals surface area contributed by atoms with Crippen molar-refractivity contribution < 1.29 is 4.74 Å². The Bertz CT molecular complexity index is 663. The van der Waals surface area contributed by atoms with Gasteiger partial charge in [0.1, 0.15) is 0 Å². The van der Waals surface area contributed by atoms with E-state index < -0.39 is 0 Å². The zero-order chi connectivity index (χ0) is 13.4. The third kappa shape index (κ3) is 1.68. The van der Waals surface area contributed by atoms with Gasteiger partial charge in [0.05, 0.1) is 11.1 Å². The molecule has 1 aliphatic carbocycles. The Kier molecular flexibility index (Phi) is 2.71. The minimum atomic E-state index is 0.710. The minimum absolute atomic E-state index is 0.710. The van der Waals surface area contributed by atoms with Crippen LogP contribution in [0.4, 0.5) is 0 Å². The molecule has 0 aromatic heterocycles. The largest absolute Gasteiger partial charge is 0.618 e. The highest BCUT2D eigenvalue weighted by molar-refractivity contribution is 6.22. The van der Waals surface area contributed by atoms with E-state index in [9.17, 15) is 5.21 Å². The van der Waals surface area contributed by atoms with Gasteiger partial charge in [0.2, 0.25) is 5.71 Å². The molecule has 2 aromatic rings. The average Bonchev–Trinajstić information content (AvgIpc) is 2.80. The second-order valence-electron chi connectivity index (χ2n) is 4.66. The Morgan fingerprint density at radius 2 is 1.32 bits per heavy atom. The van der Waals surface area contributed by atoms with E-state index in [4.69, 9.17) is 0 Å². The number of hydrogen-bond acceptors (Lipinski definition) is 1. The molecule has 0 N–H and O–H groups in total. The number of rotatable bonds is 1. The highest BCUT2D eigenvalue weighted by Crippen LogP contribution is 2.36. The lowest BCUT2D eigenvalue weighted by atomic mass is 10.1. The van der Waals surface area contributed by atoms with E-state index in [0.29, 0.717) is 5.70 Å². The maximum absolute atomic E-state index is 12.5. The Morgan fingerprint density at radius 3 is 1.74 bits per heavy atom. The zero-order valence-corrected chi connectivity index (χ0v) is 11.1. The summed E-state index contributed by atoms with van der Waals surface area (Å²) in [5.41, 5.74) is 5.76. The topological polar surface area (TPSA) is 26.1 Å². The van der Waals surface area contributed by atoms with Gasteiger partial charge in [0, 0.05) is 6.92 Å². The van der Waals surface area contributed by atoms with Crippen LogP contribution in [-0.4, -0.2) is 10.5 Å². The lowest BCUT2D eigenvalue weighted by molar-refractivity contribution is -0.399. The van der Waals surface area contributed by atoms with Crippen LogP contribution in [-0.2, 0) is 0 Å². The van der Waals surface area contributed by atoms with Gasteiger partial charge in [-0.25, -0.2) is 0 Å². The molecule has 0 radical (unpaired) electrons. The van der Waals surface area contributed by atoms with Gasteiger partial charge < -0.3 is 5.21 Å². The summed E-state index contributed by atoms with van der Waals surface area (Å²) in [7, 11) is 0. The van der Waals surface area contributed by atoms with Gasteiger partial charge in [-0.3, -0.25) is 0 Å². The summed E-state index contributed by atoms with van der Waals surface area (Å²) in [4.78, 5) is 0. The fraction of sp³-hybridized carbons (Fsp3) is 0.118. The number of benzene rings is 2. The Morgan fingerprint density at radius 1 is 0.895 bits per heavy atom. The van der Waals surface area contributed by atoms with Gasteiger partial charge in [0.25, 0.3) is 0 Å². The SMILES string of the molecule is C/C=C(\C)[N+]([O-])=C1c2ccccc2-c2ccccc21. The Hall–Kier alpha value is -2.35. The van der Waals surface area contributed by atoms with Gasteiger partial charge in [-0.1, -0.05) is 36.4 Å². The molecular formula is C17H15NO. The molecule has 0 spiro atoms. The molecule has 1 aliphatic rings. The van der Waals surface area contributed by atoms with E-state index in [1.54, 1.807) is 0 Å². The van der Waals surface area contributed by atoms with Crippen LogP contribution in [0.25, 0.3) is 11.1 Å². The van der Waals surface area contributed by atoms with Crippen molar-refractivity contribution in [2.45, 2.75) is 13.8 Å². The highest BCUT2D eigenvalue weighted by Gasteiger charge is 2.30. The lowest BCUT2D eigenvalue weighted by Gasteiger charge is -2.08. The number of allylic oxidation sites excluding steroid dienone is 2. The maximum atomic E-state index is 12.5. The molecule has 0 amide bonds. The molecule has 0 heterocycles. The fourth-order valence-electron chi connectivity index (χ4n) is 2.51. The highest BCUT2D eigenvalue weighted by atomic mass is 16.5. The molecule has 0 saturated heterocycles. The molecule has 0 aliphatic heterocycles. The normalized spacial score (nSPS) is 13.2. The molecule has 0 unspecified atom stereocenters. The van der Waals surface area contributed by atoms with Crippen molar-refractivity contribution >= 4 is 5.71 Å². The molecule has 2 aromatic carbocycles. The first kappa shape index (κ1) is 11.7. The maximum Gasteiger partial charge on any atom is 0.232 e. The second kappa shape index (κ2) is 4.39. The van der Waals surface area contributed by atoms with E-state index in [1.807, 2.05) is 56.3 Å². The van der Waals surface area contributed by atoms with E-state index >= 15 is 0 Å². The standard InChI is InChI=1S/C17H15NO/c1-3-12(2)18(19)17-15-10-6-4-8-13(15)14-9-5-7-11-16(14)17/h3-11H,1-2H3/b12-3+. The molecule has 0 saturated carbocycles. The van der Waals surface area contributed by atoms with Gasteiger partial charge >= 0.3 is 0 Å². The van der Waals surface area contributed by atoms with Crippen molar-refractivity contribution in [1.82, 2.24) is 0 Å². The van der Waals surface area contributed by atoms with Crippen molar-refractivity contribution in [2.75, 3.05) is 0 Å². The van der Waals surface area contributed by atoms with E-state index in [2.05, 4.69) is 12.1 Å². The van der Waals surface area contributed by atoms with Crippen LogP contribution >= 0.6 is 0 Å². The summed E-state index contributed by atoms with van der Waals surface area (Å²) < 4.78 is 1.03. The molecule has 3 rings (SSSR count). The average molecular weight is 249 g/mol. The molecule has 94 valence electrons. The summed E-state index contributed by atoms with van der Waals surface area (Å²) in [5, 5.41) is 12.5. The first-order valence-electron chi connectivity index (χ1n) is 6.40. The molecule has 19 heavy (non-hydrogen) atoms. The summed E-state index contributed by atoms with van der Waals surface area (Å²) in [5.74, 6) is 0. The van der Waals surface area contributed by atoms with Gasteiger partial charge in [-0.2, -0.15) is 4.74 Å². The van der Waals surface area contributed by atoms with Gasteiger partial charge in [-0.15, -0.1) is 0 Å². The number of hydrogen-bond donors (Lipinski definition) is 0. The third-order valence-corrected chi connectivity index (χ3v) is 3.60. The fourth-order valence-corrected chi connectivity index (χ4v) is 2.51. The predicted octanol–water partition coefficient (Wildman–Crippen LogP) is 3.94. The van der Waals surface area contributed by atoms with Crippen molar-refractivity contribution in [3.05, 3.63) is 76.6 Å². The van der Waals surface area contributed by atoms with E-state index in [-0.39, 0.29) is 0 Å². The molecule has 2 nitrogen and oxygen atoms in total. The van der Waals surface area contributed by atoms with Crippen LogP contribution in [0.15, 0.2) is 60.3 Å². The predicted molar refractivity (Wildman–Crippen MR) is 78.1 cm³/mol. The van der Waals surface area contributed by atoms with Crippen molar-refractivity contribution in [3.8, 4) is 11.1 Å². The number of hydroxylamine groups is 1. The smallest absolute Gasteiger partial charge is 0.232 e.